The molecular weight excluding hydrogens is 912 g/mol. The molecule has 2 aromatic carbocycles. The van der Waals surface area contributed by atoms with Crippen LogP contribution in [0, 0.1) is 32.1 Å². The van der Waals surface area contributed by atoms with E-state index < -0.39 is 23.5 Å². The molecule has 0 saturated carbocycles. The highest BCUT2D eigenvalue weighted by atomic mass is 35.5. The quantitative estimate of drug-likeness (QED) is 0.0767. The lowest BCUT2D eigenvalue weighted by Crippen LogP contribution is -2.50. The Kier molecular flexibility index (Phi) is 15.7. The number of halogens is 1. The molecule has 0 unspecified atom stereocenters. The van der Waals surface area contributed by atoms with Gasteiger partial charge in [-0.1, -0.05) is 80.1 Å². The molecule has 2 aliphatic heterocycles. The van der Waals surface area contributed by atoms with Gasteiger partial charge >= 0.3 is 0 Å². The summed E-state index contributed by atoms with van der Waals surface area (Å²) in [6.45, 7) is 13.6. The van der Waals surface area contributed by atoms with Crippen LogP contribution in [-0.4, -0.2) is 109 Å². The standard InChI is InChI=1S/C48H57ClN10O6S2/c1-28-9-7-11-36(49)42(28)56-45(64)38-25-51-47(67-38)55-39-23-40(54-30(3)53-39)57-17-19-58(20-18-57)41(62)12-8-10-33(60)21-35(48(4,5)6)46(65)59-26-34(61)22-37(59)44(63)50-24-31-13-15-32(16-14-31)43-29(2)52-27-66-43/h7,9,11,13-16,23,25,27,34-35,37,61H,8,10,12,17-22,24,26H2,1-6H3,(H,50,63)(H,56,64)(H,51,53,54,55)/t34-,35-,37+/m1/s1. The molecule has 19 heteroatoms. The highest BCUT2D eigenvalue weighted by molar-refractivity contribution is 7.17. The minimum absolute atomic E-state index is 0.0121. The van der Waals surface area contributed by atoms with Gasteiger partial charge in [-0.15, -0.1) is 11.3 Å². The van der Waals surface area contributed by atoms with Gasteiger partial charge in [0.2, 0.25) is 17.7 Å². The van der Waals surface area contributed by atoms with Crippen molar-refractivity contribution in [2.45, 2.75) is 92.3 Å². The number of para-hydroxylation sites is 1. The van der Waals surface area contributed by atoms with Gasteiger partial charge < -0.3 is 35.8 Å². The van der Waals surface area contributed by atoms with Crippen molar-refractivity contribution in [2.24, 2.45) is 11.3 Å². The molecule has 4 N–H and O–H groups in total. The summed E-state index contributed by atoms with van der Waals surface area (Å²) in [6.07, 6.45) is 1.40. The minimum atomic E-state index is -0.860. The van der Waals surface area contributed by atoms with Crippen molar-refractivity contribution in [3.8, 4) is 10.4 Å². The Morgan fingerprint density at radius 3 is 2.39 bits per heavy atom. The Morgan fingerprint density at radius 1 is 0.955 bits per heavy atom. The fraction of sp³-hybridized carbons (Fsp3) is 0.438. The average Bonchev–Trinajstić information content (AvgIpc) is 4.05. The molecule has 5 aromatic rings. The Morgan fingerprint density at radius 2 is 1.70 bits per heavy atom. The average molecular weight is 970 g/mol. The lowest BCUT2D eigenvalue weighted by Gasteiger charge is -2.35. The second kappa shape index (κ2) is 21.4. The lowest BCUT2D eigenvalue weighted by molar-refractivity contribution is -0.146. The van der Waals surface area contributed by atoms with Crippen LogP contribution in [0.2, 0.25) is 5.02 Å². The van der Waals surface area contributed by atoms with Crippen LogP contribution < -0.4 is 20.9 Å². The van der Waals surface area contributed by atoms with Crippen LogP contribution in [0.25, 0.3) is 10.4 Å². The van der Waals surface area contributed by atoms with Crippen LogP contribution >= 0.6 is 34.3 Å². The zero-order valence-electron chi connectivity index (χ0n) is 38.6. The van der Waals surface area contributed by atoms with E-state index in [2.05, 4.69) is 40.8 Å². The molecule has 67 heavy (non-hydrogen) atoms. The van der Waals surface area contributed by atoms with Crippen molar-refractivity contribution < 1.29 is 29.1 Å². The minimum Gasteiger partial charge on any atom is -0.391 e. The number of thiazole rings is 2. The number of β-amino-alcohol motifs (C(OH)–C–C–N with tert-alkyl or cyclic N) is 1. The number of aromatic nitrogens is 4. The van der Waals surface area contributed by atoms with Crippen molar-refractivity contribution in [3.63, 3.8) is 0 Å². The third-order valence-corrected chi connectivity index (χ3v) is 14.3. The number of ketones is 1. The summed E-state index contributed by atoms with van der Waals surface area (Å²) in [6, 6.07) is 14.2. The monoisotopic (exact) mass is 968 g/mol. The molecule has 0 radical (unpaired) electrons. The number of amides is 4. The predicted octanol–water partition coefficient (Wildman–Crippen LogP) is 7.35. The molecule has 0 spiro atoms. The van der Waals surface area contributed by atoms with E-state index in [9.17, 15) is 29.1 Å². The van der Waals surface area contributed by atoms with Crippen LogP contribution in [-0.2, 0) is 25.7 Å². The zero-order valence-corrected chi connectivity index (χ0v) is 41.0. The number of benzene rings is 2. The van der Waals surface area contributed by atoms with E-state index in [1.807, 2.05) is 82.6 Å². The molecule has 0 bridgehead atoms. The number of nitrogens with one attached hydrogen (secondary N) is 3. The van der Waals surface area contributed by atoms with E-state index >= 15 is 0 Å². The number of nitrogens with zero attached hydrogens (tertiary/aromatic N) is 7. The summed E-state index contributed by atoms with van der Waals surface area (Å²) >= 11 is 9.05. The van der Waals surface area contributed by atoms with Crippen LogP contribution in [0.5, 0.6) is 0 Å². The second-order valence-electron chi connectivity index (χ2n) is 18.2. The summed E-state index contributed by atoms with van der Waals surface area (Å²) in [7, 11) is 0. The molecule has 4 amide bonds. The maximum absolute atomic E-state index is 14.2. The van der Waals surface area contributed by atoms with E-state index in [4.69, 9.17) is 11.6 Å². The van der Waals surface area contributed by atoms with Gasteiger partial charge in [0.25, 0.3) is 5.91 Å². The summed E-state index contributed by atoms with van der Waals surface area (Å²) in [5.41, 5.74) is 5.52. The number of piperazine rings is 1. The van der Waals surface area contributed by atoms with Crippen molar-refractivity contribution in [3.05, 3.63) is 92.8 Å². The topological polar surface area (TPSA) is 203 Å². The lowest BCUT2D eigenvalue weighted by atomic mass is 9.76. The van der Waals surface area contributed by atoms with Gasteiger partial charge in [-0.25, -0.2) is 19.9 Å². The van der Waals surface area contributed by atoms with Crippen molar-refractivity contribution >= 4 is 86.1 Å². The molecule has 5 heterocycles. The first-order valence-electron chi connectivity index (χ1n) is 22.4. The third-order valence-electron chi connectivity index (χ3n) is 12.1. The van der Waals surface area contributed by atoms with Crippen LogP contribution in [0.15, 0.2) is 60.2 Å². The predicted molar refractivity (Wildman–Crippen MR) is 262 cm³/mol. The maximum Gasteiger partial charge on any atom is 0.267 e. The molecule has 3 atom stereocenters. The van der Waals surface area contributed by atoms with Gasteiger partial charge in [-0.3, -0.25) is 24.0 Å². The van der Waals surface area contributed by atoms with Gasteiger partial charge in [0.15, 0.2) is 5.13 Å². The fourth-order valence-electron chi connectivity index (χ4n) is 8.33. The highest BCUT2D eigenvalue weighted by Gasteiger charge is 2.44. The Labute approximate surface area is 403 Å². The van der Waals surface area contributed by atoms with E-state index in [0.29, 0.717) is 70.8 Å². The number of rotatable bonds is 16. The summed E-state index contributed by atoms with van der Waals surface area (Å²) < 4.78 is 0. The first-order chi connectivity index (χ1) is 31.9. The zero-order chi connectivity index (χ0) is 48.0. The number of Topliss-reactive ketones (excluding diaryl/α,β-unsaturated/α-hetero) is 1. The number of carbonyl (C=O) groups excluding carboxylic acids is 5. The van der Waals surface area contributed by atoms with E-state index in [-0.39, 0.29) is 68.2 Å². The van der Waals surface area contributed by atoms with Gasteiger partial charge in [0, 0.05) is 76.9 Å². The molecule has 16 nitrogen and oxygen atoms in total. The highest BCUT2D eigenvalue weighted by Crippen LogP contribution is 2.35. The first-order valence-corrected chi connectivity index (χ1v) is 24.5. The number of likely N-dealkylation sites (tertiary alicyclic amines) is 1. The van der Waals surface area contributed by atoms with Crippen molar-refractivity contribution in [2.75, 3.05) is 48.3 Å². The Bertz CT molecular complexity index is 2590. The molecule has 2 aliphatic rings. The van der Waals surface area contributed by atoms with Crippen molar-refractivity contribution in [1.82, 2.24) is 35.1 Å². The number of hydrogen-bond donors (Lipinski definition) is 4. The number of carbonyl (C=O) groups is 5. The number of aliphatic hydroxyl groups is 1. The second-order valence-corrected chi connectivity index (χ2v) is 20.5. The van der Waals surface area contributed by atoms with Crippen molar-refractivity contribution in [1.29, 1.82) is 0 Å². The Balaban J connectivity index is 0.860. The van der Waals surface area contributed by atoms with Gasteiger partial charge in [-0.05, 0) is 55.4 Å². The molecule has 3 aromatic heterocycles. The Hall–Kier alpha value is -5.82. The normalized spacial score (nSPS) is 16.7. The molecule has 7 rings (SSSR count). The number of aliphatic hydroxyl groups excluding tert-OH is 1. The fourth-order valence-corrected chi connectivity index (χ4v) is 10.1. The SMILES string of the molecule is Cc1nc(Nc2ncc(C(=O)Nc3c(C)cccc3Cl)s2)cc(N2CCN(C(=O)CCCC(=O)C[C@H](C(=O)N3C[C@H](O)C[C@H]3C(=O)NCc3ccc(-c4scnc4C)cc3)C(C)(C)C)CC2)n1. The third kappa shape index (κ3) is 12.4. The number of anilines is 4. The van der Waals surface area contributed by atoms with E-state index in [1.54, 1.807) is 29.2 Å². The number of hydrogen-bond acceptors (Lipinski definition) is 14. The van der Waals surface area contributed by atoms with E-state index in [1.165, 1.54) is 22.4 Å². The molecule has 354 valence electrons. The molecule has 2 fully saturated rings. The molecular formula is C48H57ClN10O6S2. The first kappa shape index (κ1) is 49.1. The molecule has 2 saturated heterocycles. The summed E-state index contributed by atoms with van der Waals surface area (Å²) in [5.74, 6) is -0.147. The van der Waals surface area contributed by atoms with E-state index in [0.717, 1.165) is 27.3 Å². The number of aryl methyl sites for hydroxylation is 3. The smallest absolute Gasteiger partial charge is 0.267 e. The summed E-state index contributed by atoms with van der Waals surface area (Å²) in [5, 5.41) is 20.6. The van der Waals surface area contributed by atoms with Crippen LogP contribution in [0.4, 0.5) is 22.5 Å². The molecule has 0 aliphatic carbocycles. The maximum atomic E-state index is 14.2. The van der Waals surface area contributed by atoms with Crippen LogP contribution in [0.3, 0.4) is 0 Å². The summed E-state index contributed by atoms with van der Waals surface area (Å²) in [4.78, 5) is 92.1. The van der Waals surface area contributed by atoms with Gasteiger partial charge in [0.1, 0.15) is 34.2 Å². The largest absolute Gasteiger partial charge is 0.391 e. The van der Waals surface area contributed by atoms with Gasteiger partial charge in [0.05, 0.1) is 39.1 Å². The van der Waals surface area contributed by atoms with Crippen LogP contribution in [0.1, 0.15) is 85.2 Å². The van der Waals surface area contributed by atoms with Gasteiger partial charge in [-0.2, -0.15) is 0 Å².